The summed E-state index contributed by atoms with van der Waals surface area (Å²) in [7, 11) is 0. The van der Waals surface area contributed by atoms with Crippen LogP contribution in [0.2, 0.25) is 0 Å². The molecule has 1 aliphatic heterocycles. The van der Waals surface area contributed by atoms with Gasteiger partial charge in [0.15, 0.2) is 0 Å². The Hall–Kier alpha value is -1.54. The van der Waals surface area contributed by atoms with Crippen LogP contribution >= 0.6 is 0 Å². The molecule has 0 amide bonds. The van der Waals surface area contributed by atoms with Gasteiger partial charge in [-0.05, 0) is 13.8 Å². The van der Waals surface area contributed by atoms with Crippen LogP contribution in [0.15, 0.2) is 11.8 Å². The molecule has 0 atom stereocenters. The summed E-state index contributed by atoms with van der Waals surface area (Å²) in [4.78, 5) is 2.02. The molecule has 1 aliphatic rings. The van der Waals surface area contributed by atoms with Crippen molar-refractivity contribution in [3.8, 4) is 0 Å². The number of nitrogens with one attached hydrogen (secondary N) is 2. The van der Waals surface area contributed by atoms with Crippen molar-refractivity contribution < 1.29 is 0 Å². The second kappa shape index (κ2) is 5.25. The third-order valence-corrected chi connectivity index (χ3v) is 2.12. The van der Waals surface area contributed by atoms with E-state index in [-0.39, 0.29) is 0 Å². The van der Waals surface area contributed by atoms with Gasteiger partial charge in [0, 0.05) is 19.6 Å². The van der Waals surface area contributed by atoms with Crippen molar-refractivity contribution in [2.45, 2.75) is 13.8 Å². The lowest BCUT2D eigenvalue weighted by Crippen LogP contribution is -2.34. The molecule has 0 aromatic carbocycles. The van der Waals surface area contributed by atoms with E-state index in [1.165, 1.54) is 0 Å². The molecule has 0 fully saturated rings. The van der Waals surface area contributed by atoms with Crippen LogP contribution in [0.1, 0.15) is 13.8 Å². The van der Waals surface area contributed by atoms with Crippen molar-refractivity contribution in [3.05, 3.63) is 11.8 Å². The first-order valence-electron chi connectivity index (χ1n) is 4.84. The van der Waals surface area contributed by atoms with E-state index in [1.807, 2.05) is 17.9 Å². The van der Waals surface area contributed by atoms with E-state index in [9.17, 15) is 0 Å². The van der Waals surface area contributed by atoms with Crippen LogP contribution < -0.4 is 9.98 Å². The third kappa shape index (κ3) is 3.07. The minimum absolute atomic E-state index is 0.620. The Morgan fingerprint density at radius 1 is 1.64 bits per heavy atom. The average molecular weight is 193 g/mol. The molecule has 0 saturated carbocycles. The third-order valence-electron chi connectivity index (χ3n) is 2.12. The molecule has 0 bridgehead atoms. The summed E-state index contributed by atoms with van der Waals surface area (Å²) >= 11 is 0. The minimum Gasteiger partial charge on any atom is -0.377 e. The van der Waals surface area contributed by atoms with Gasteiger partial charge in [-0.3, -0.25) is 5.41 Å². The molecule has 4 heteroatoms. The van der Waals surface area contributed by atoms with Crippen LogP contribution in [0.3, 0.4) is 0 Å². The zero-order valence-corrected chi connectivity index (χ0v) is 8.75. The summed E-state index contributed by atoms with van der Waals surface area (Å²) < 4.78 is 3.96. The summed E-state index contributed by atoms with van der Waals surface area (Å²) in [6.07, 6.45) is 5.50. The normalized spacial score (nSPS) is 12.9. The van der Waals surface area contributed by atoms with E-state index in [4.69, 9.17) is 5.41 Å². The van der Waals surface area contributed by atoms with Crippen LogP contribution in [0.25, 0.3) is 0 Å². The second-order valence-electron chi connectivity index (χ2n) is 3.14. The van der Waals surface area contributed by atoms with Gasteiger partial charge < -0.3 is 10.2 Å². The molecule has 76 valence electrons. The maximum absolute atomic E-state index is 7.49. The number of hydrogen-bond acceptors (Lipinski definition) is 2. The molecule has 0 aliphatic carbocycles. The van der Waals surface area contributed by atoms with Gasteiger partial charge in [-0.2, -0.15) is 0 Å². The molecule has 0 unspecified atom stereocenters. The summed E-state index contributed by atoms with van der Waals surface area (Å²) in [5.74, 6) is 0.620. The molecular weight excluding hydrogens is 176 g/mol. The molecule has 1 rings (SSSR count). The molecule has 0 aromatic rings. The molecule has 4 nitrogen and oxygen atoms in total. The van der Waals surface area contributed by atoms with E-state index in [2.05, 4.69) is 16.9 Å². The van der Waals surface area contributed by atoms with Gasteiger partial charge in [0.05, 0.1) is 11.9 Å². The molecule has 1 heterocycles. The highest BCUT2D eigenvalue weighted by atomic mass is 15.2. The first-order chi connectivity index (χ1) is 6.74. The number of amidine groups is 1. The molecule has 0 spiro atoms. The summed E-state index contributed by atoms with van der Waals surface area (Å²) in [5.41, 5.74) is 1.05. The van der Waals surface area contributed by atoms with E-state index in [0.717, 1.165) is 25.3 Å². The number of nitrogens with zero attached hydrogens (tertiary/aromatic N) is 2. The maximum atomic E-state index is 7.49. The molecule has 0 saturated heterocycles. The number of hydrogen-bond donors (Lipinski definition) is 2. The smallest absolute Gasteiger partial charge is 0.315 e. The Morgan fingerprint density at radius 3 is 2.93 bits per heavy atom. The highest BCUT2D eigenvalue weighted by Crippen LogP contribution is 1.89. The van der Waals surface area contributed by atoms with Crippen molar-refractivity contribution >= 4 is 18.3 Å². The Kier molecular flexibility index (Phi) is 3.95. The van der Waals surface area contributed by atoms with Crippen LogP contribution in [0.5, 0.6) is 0 Å². The molecule has 2 N–H and O–H groups in total. The van der Waals surface area contributed by atoms with E-state index in [1.54, 1.807) is 12.4 Å². The van der Waals surface area contributed by atoms with Crippen molar-refractivity contribution in [1.82, 2.24) is 14.9 Å². The van der Waals surface area contributed by atoms with E-state index >= 15 is 0 Å². The topological polar surface area (TPSA) is 53.2 Å². The maximum Gasteiger partial charge on any atom is 0.315 e. The van der Waals surface area contributed by atoms with Gasteiger partial charge in [-0.25, -0.2) is 0 Å². The molecule has 0 radical (unpaired) electrons. The van der Waals surface area contributed by atoms with Crippen LogP contribution in [-0.2, 0) is 0 Å². The largest absolute Gasteiger partial charge is 0.377 e. The quantitative estimate of drug-likeness (QED) is 0.367. The Bertz CT molecular complexity index is 297. The van der Waals surface area contributed by atoms with Gasteiger partial charge in [-0.15, -0.1) is 0 Å². The predicted molar refractivity (Wildman–Crippen MR) is 61.0 cm³/mol. The fourth-order valence-corrected chi connectivity index (χ4v) is 1.29. The van der Waals surface area contributed by atoms with Crippen molar-refractivity contribution in [2.75, 3.05) is 19.6 Å². The lowest BCUT2D eigenvalue weighted by molar-refractivity contribution is 0.434. The Morgan fingerprint density at radius 2 is 2.43 bits per heavy atom. The second-order valence-corrected chi connectivity index (χ2v) is 3.14. The van der Waals surface area contributed by atoms with Crippen LogP contribution in [-0.4, -0.2) is 42.8 Å². The first kappa shape index (κ1) is 10.5. The monoisotopic (exact) mass is 193 g/mol. The lowest BCUT2D eigenvalue weighted by atomic mass is 10.4. The Labute approximate surface area is 84.6 Å². The van der Waals surface area contributed by atoms with Crippen molar-refractivity contribution in [3.63, 3.8) is 0 Å². The number of likely N-dealkylation sites (N-methyl/N-ethyl adjacent to an activating group) is 1. The van der Waals surface area contributed by atoms with Gasteiger partial charge in [0.2, 0.25) is 0 Å². The van der Waals surface area contributed by atoms with E-state index in [0.29, 0.717) is 5.84 Å². The van der Waals surface area contributed by atoms with Crippen molar-refractivity contribution in [2.24, 2.45) is 0 Å². The van der Waals surface area contributed by atoms with Gasteiger partial charge in [-0.1, -0.05) is 4.67 Å². The highest BCUT2D eigenvalue weighted by Gasteiger charge is 2.05. The SMILES string of the molecule is CCN(CCNC1=CC=[N+]=C1)C(C)=N. The fourth-order valence-electron chi connectivity index (χ4n) is 1.29. The van der Waals surface area contributed by atoms with Crippen molar-refractivity contribution in [1.29, 1.82) is 5.41 Å². The number of rotatable bonds is 5. The summed E-state index contributed by atoms with van der Waals surface area (Å²) in [5, 5.41) is 10.7. The summed E-state index contributed by atoms with van der Waals surface area (Å²) in [6.45, 7) is 6.46. The molecular formula is C10H17N4+. The predicted octanol–water partition coefficient (Wildman–Crippen LogP) is 0.00137. The summed E-state index contributed by atoms with van der Waals surface area (Å²) in [6, 6.07) is 0. The van der Waals surface area contributed by atoms with Gasteiger partial charge in [0.25, 0.3) is 6.21 Å². The first-order valence-corrected chi connectivity index (χ1v) is 4.84. The van der Waals surface area contributed by atoms with Gasteiger partial charge in [0.1, 0.15) is 5.70 Å². The fraction of sp³-hybridized carbons (Fsp3) is 0.500. The minimum atomic E-state index is 0.620. The zero-order valence-electron chi connectivity index (χ0n) is 8.75. The van der Waals surface area contributed by atoms with E-state index < -0.39 is 0 Å². The Balaban J connectivity index is 2.20. The number of allylic oxidation sites excluding steroid dienone is 2. The van der Waals surface area contributed by atoms with Crippen LogP contribution in [0, 0.1) is 5.41 Å². The average Bonchev–Trinajstić information content (AvgIpc) is 2.64. The van der Waals surface area contributed by atoms with Crippen LogP contribution in [0.4, 0.5) is 0 Å². The highest BCUT2D eigenvalue weighted by molar-refractivity contribution is 5.92. The zero-order chi connectivity index (χ0) is 10.4. The molecule has 0 aromatic heterocycles. The standard InChI is InChI=1S/C10H16N4/c1-3-14(9(2)11)7-6-13-10-4-5-12-8-10/h4-5,8,11H,3,6-7H2,1-2H3/p+1. The van der Waals surface area contributed by atoms with Gasteiger partial charge >= 0.3 is 6.21 Å². The lowest BCUT2D eigenvalue weighted by Gasteiger charge is -2.21. The molecule has 14 heavy (non-hydrogen) atoms.